The first-order chi connectivity index (χ1) is 19.7. The highest BCUT2D eigenvalue weighted by Gasteiger charge is 2.23. The van der Waals surface area contributed by atoms with Gasteiger partial charge in [0, 0.05) is 47.0 Å². The van der Waals surface area contributed by atoms with Gasteiger partial charge in [-0.1, -0.05) is 18.2 Å². The Balaban J connectivity index is 1.53. The minimum absolute atomic E-state index is 0.0518. The van der Waals surface area contributed by atoms with Gasteiger partial charge in [0.1, 0.15) is 24.0 Å². The van der Waals surface area contributed by atoms with Gasteiger partial charge in [0.2, 0.25) is 5.91 Å². The number of fused-ring (bicyclic) bond motifs is 1. The van der Waals surface area contributed by atoms with Crippen LogP contribution in [0, 0.1) is 24.4 Å². The largest absolute Gasteiger partial charge is 0.355 e. The molecule has 0 radical (unpaired) electrons. The third-order valence-electron chi connectivity index (χ3n) is 6.90. The molecule has 0 aliphatic carbocycles. The van der Waals surface area contributed by atoms with Crippen LogP contribution in [0.2, 0.25) is 0 Å². The van der Waals surface area contributed by atoms with Crippen molar-refractivity contribution in [1.82, 2.24) is 20.2 Å². The van der Waals surface area contributed by atoms with E-state index in [4.69, 9.17) is 0 Å². The zero-order valence-electron chi connectivity index (χ0n) is 22.4. The highest BCUT2D eigenvalue weighted by atomic mass is 19.1. The molecule has 0 spiro atoms. The van der Waals surface area contributed by atoms with Gasteiger partial charge in [0.25, 0.3) is 5.91 Å². The van der Waals surface area contributed by atoms with Crippen molar-refractivity contribution in [2.24, 2.45) is 0 Å². The lowest BCUT2D eigenvalue weighted by Gasteiger charge is -2.22. The fraction of sp³-hybridized carbons (Fsp3) is 0.156. The Labute approximate surface area is 234 Å². The number of benzene rings is 3. The molecule has 208 valence electrons. The van der Waals surface area contributed by atoms with Crippen molar-refractivity contribution in [2.45, 2.75) is 25.9 Å². The number of hydrogen-bond acceptors (Lipinski definition) is 3. The van der Waals surface area contributed by atoms with E-state index in [1.54, 1.807) is 54.2 Å². The lowest BCUT2D eigenvalue weighted by molar-refractivity contribution is -0.122. The molecule has 0 unspecified atom stereocenters. The van der Waals surface area contributed by atoms with Gasteiger partial charge < -0.3 is 15.2 Å². The molecule has 0 bridgehead atoms. The highest BCUT2D eigenvalue weighted by molar-refractivity contribution is 5.95. The SMILES string of the molecule is CNC(=O)c1cccc(-c2cccnc2[C@H](Cc2cc(F)cc(F)c2)NC(=O)Cn2c(C)cc3cc(F)ccc32)c1. The molecular formula is C32H27F3N4O2. The Morgan fingerprint density at radius 2 is 1.68 bits per heavy atom. The van der Waals surface area contributed by atoms with Crippen LogP contribution in [0.4, 0.5) is 13.2 Å². The Morgan fingerprint density at radius 1 is 0.902 bits per heavy atom. The van der Waals surface area contributed by atoms with Gasteiger partial charge in [-0.15, -0.1) is 0 Å². The van der Waals surface area contributed by atoms with Crippen LogP contribution < -0.4 is 10.6 Å². The number of nitrogens with zero attached hydrogens (tertiary/aromatic N) is 2. The topological polar surface area (TPSA) is 76.0 Å². The summed E-state index contributed by atoms with van der Waals surface area (Å²) in [5, 5.41) is 6.27. The molecule has 0 aliphatic heterocycles. The van der Waals surface area contributed by atoms with Gasteiger partial charge >= 0.3 is 0 Å². The molecular weight excluding hydrogens is 529 g/mol. The minimum Gasteiger partial charge on any atom is -0.355 e. The summed E-state index contributed by atoms with van der Waals surface area (Å²) in [5.74, 6) is -2.46. The molecule has 2 N–H and O–H groups in total. The number of amides is 2. The summed E-state index contributed by atoms with van der Waals surface area (Å²) in [5.41, 5.74) is 4.06. The molecule has 1 atom stereocenters. The maximum absolute atomic E-state index is 14.1. The number of carbonyl (C=O) groups excluding carboxylic acids is 2. The number of pyridine rings is 1. The van der Waals surface area contributed by atoms with Crippen LogP contribution in [0.3, 0.4) is 0 Å². The van der Waals surface area contributed by atoms with Crippen LogP contribution in [0.1, 0.15) is 33.4 Å². The van der Waals surface area contributed by atoms with Crippen molar-refractivity contribution >= 4 is 22.7 Å². The normalized spacial score (nSPS) is 11.8. The zero-order chi connectivity index (χ0) is 29.1. The Kier molecular flexibility index (Phi) is 7.87. The smallest absolute Gasteiger partial charge is 0.251 e. The number of aromatic nitrogens is 2. The molecule has 0 aliphatic rings. The molecule has 9 heteroatoms. The van der Waals surface area contributed by atoms with E-state index < -0.39 is 17.7 Å². The van der Waals surface area contributed by atoms with Gasteiger partial charge in [-0.25, -0.2) is 13.2 Å². The van der Waals surface area contributed by atoms with Gasteiger partial charge in [-0.05, 0) is 79.1 Å². The Hall–Kier alpha value is -4.92. The molecule has 2 aromatic heterocycles. The second-order valence-electron chi connectivity index (χ2n) is 9.77. The van der Waals surface area contributed by atoms with Gasteiger partial charge in [0.15, 0.2) is 0 Å². The Bertz CT molecular complexity index is 1750. The molecule has 5 aromatic rings. The van der Waals surface area contributed by atoms with Gasteiger partial charge in [0.05, 0.1) is 11.7 Å². The fourth-order valence-electron chi connectivity index (χ4n) is 5.07. The standard InChI is InChI=1S/C32H27F3N4O2/c1-19-11-23-16-24(33)8-9-29(23)39(19)18-30(40)38-28(14-20-12-25(34)17-26(35)13-20)31-27(7-4-10-37-31)21-5-3-6-22(15-21)32(41)36-2/h3-13,15-17,28H,14,18H2,1-2H3,(H,36,41)(H,38,40)/t28-/m0/s1. The molecule has 2 amide bonds. The molecule has 0 saturated carbocycles. The third kappa shape index (κ3) is 6.14. The summed E-state index contributed by atoms with van der Waals surface area (Å²) in [7, 11) is 1.54. The number of carbonyl (C=O) groups is 2. The minimum atomic E-state index is -0.775. The molecule has 5 rings (SSSR count). The molecule has 3 aromatic carbocycles. The van der Waals surface area contributed by atoms with Crippen LogP contribution in [0.15, 0.2) is 85.1 Å². The lowest BCUT2D eigenvalue weighted by atomic mass is 9.94. The van der Waals surface area contributed by atoms with E-state index in [0.29, 0.717) is 38.9 Å². The maximum atomic E-state index is 14.1. The van der Waals surface area contributed by atoms with E-state index >= 15 is 0 Å². The molecule has 0 saturated heterocycles. The van der Waals surface area contributed by atoms with E-state index in [-0.39, 0.29) is 30.6 Å². The first kappa shape index (κ1) is 27.6. The third-order valence-corrected chi connectivity index (χ3v) is 6.90. The fourth-order valence-corrected chi connectivity index (χ4v) is 5.07. The quantitative estimate of drug-likeness (QED) is 0.250. The van der Waals surface area contributed by atoms with Crippen LogP contribution in [-0.2, 0) is 17.8 Å². The summed E-state index contributed by atoms with van der Waals surface area (Å²) in [4.78, 5) is 30.3. The maximum Gasteiger partial charge on any atom is 0.251 e. The van der Waals surface area contributed by atoms with Crippen molar-refractivity contribution in [3.8, 4) is 11.1 Å². The first-order valence-electron chi connectivity index (χ1n) is 13.0. The molecule has 41 heavy (non-hydrogen) atoms. The zero-order valence-corrected chi connectivity index (χ0v) is 22.4. The summed E-state index contributed by atoms with van der Waals surface area (Å²) in [6.07, 6.45) is 1.63. The summed E-state index contributed by atoms with van der Waals surface area (Å²) in [6, 6.07) is 19.1. The van der Waals surface area contributed by atoms with Crippen molar-refractivity contribution in [1.29, 1.82) is 0 Å². The second kappa shape index (κ2) is 11.7. The predicted molar refractivity (Wildman–Crippen MR) is 151 cm³/mol. The number of hydrogen-bond donors (Lipinski definition) is 2. The van der Waals surface area contributed by atoms with Crippen LogP contribution in [0.25, 0.3) is 22.0 Å². The lowest BCUT2D eigenvalue weighted by Crippen LogP contribution is -2.33. The van der Waals surface area contributed by atoms with Gasteiger partial charge in [-0.2, -0.15) is 0 Å². The van der Waals surface area contributed by atoms with E-state index in [1.807, 2.05) is 19.1 Å². The highest BCUT2D eigenvalue weighted by Crippen LogP contribution is 2.30. The van der Waals surface area contributed by atoms with Crippen LogP contribution in [-0.4, -0.2) is 28.4 Å². The van der Waals surface area contributed by atoms with Crippen molar-refractivity contribution in [2.75, 3.05) is 7.05 Å². The van der Waals surface area contributed by atoms with Crippen molar-refractivity contribution in [3.05, 3.63) is 125 Å². The van der Waals surface area contributed by atoms with Crippen LogP contribution in [0.5, 0.6) is 0 Å². The summed E-state index contributed by atoms with van der Waals surface area (Å²) in [6.45, 7) is 1.76. The molecule has 0 fully saturated rings. The summed E-state index contributed by atoms with van der Waals surface area (Å²) >= 11 is 0. The second-order valence-corrected chi connectivity index (χ2v) is 9.77. The van der Waals surface area contributed by atoms with Crippen LogP contribution >= 0.6 is 0 Å². The number of nitrogens with one attached hydrogen (secondary N) is 2. The number of rotatable bonds is 8. The Morgan fingerprint density at radius 3 is 2.44 bits per heavy atom. The number of aryl methyl sites for hydroxylation is 1. The van der Waals surface area contributed by atoms with Crippen molar-refractivity contribution < 1.29 is 22.8 Å². The van der Waals surface area contributed by atoms with E-state index in [9.17, 15) is 22.8 Å². The van der Waals surface area contributed by atoms with E-state index in [1.165, 1.54) is 24.3 Å². The van der Waals surface area contributed by atoms with Gasteiger partial charge in [-0.3, -0.25) is 14.6 Å². The molecule has 6 nitrogen and oxygen atoms in total. The number of halogens is 3. The van der Waals surface area contributed by atoms with E-state index in [2.05, 4.69) is 15.6 Å². The average Bonchev–Trinajstić information content (AvgIpc) is 3.25. The van der Waals surface area contributed by atoms with Crippen molar-refractivity contribution in [3.63, 3.8) is 0 Å². The summed E-state index contributed by atoms with van der Waals surface area (Å²) < 4.78 is 43.7. The monoisotopic (exact) mass is 556 g/mol. The predicted octanol–water partition coefficient (Wildman–Crippen LogP) is 5.89. The first-order valence-corrected chi connectivity index (χ1v) is 13.0. The molecule has 2 heterocycles. The van der Waals surface area contributed by atoms with E-state index in [0.717, 1.165) is 11.8 Å². The average molecular weight is 557 g/mol.